The predicted octanol–water partition coefficient (Wildman–Crippen LogP) is 1.47. The van der Waals surface area contributed by atoms with E-state index in [4.69, 9.17) is 9.26 Å². The highest BCUT2D eigenvalue weighted by Crippen LogP contribution is 2.07. The number of rotatable bonds is 6. The molecule has 0 atom stereocenters. The fraction of sp³-hybridized carbons (Fsp3) is 0.600. The predicted molar refractivity (Wildman–Crippen MR) is 62.8 cm³/mol. The van der Waals surface area contributed by atoms with Gasteiger partial charge in [0.25, 0.3) is 5.91 Å². The van der Waals surface area contributed by atoms with Crippen molar-refractivity contribution in [3.8, 4) is 0 Å². The Morgan fingerprint density at radius 3 is 2.88 bits per heavy atom. The van der Waals surface area contributed by atoms with Gasteiger partial charge in [-0.1, -0.05) is 21.1 Å². The molecule has 0 saturated heterocycles. The van der Waals surface area contributed by atoms with Gasteiger partial charge in [0.1, 0.15) is 0 Å². The number of carbonyl (C=O) groups excluding carboxylic acids is 1. The fourth-order valence-electron chi connectivity index (χ4n) is 1.24. The first-order chi connectivity index (χ1) is 7.69. The van der Waals surface area contributed by atoms with Crippen molar-refractivity contribution in [1.82, 2.24) is 10.1 Å². The van der Waals surface area contributed by atoms with Crippen LogP contribution in [0.25, 0.3) is 0 Å². The fourth-order valence-corrected chi connectivity index (χ4v) is 1.67. The molecule has 1 rings (SSSR count). The average Bonchev–Trinajstić information content (AvgIpc) is 2.70. The van der Waals surface area contributed by atoms with E-state index in [9.17, 15) is 4.79 Å². The van der Waals surface area contributed by atoms with Crippen LogP contribution < -0.4 is 0 Å². The standard InChI is InChI=1S/C10H15BrN2O3/c1-8-7-9(16-12-8)10(14)13(4-3-11)5-6-15-2/h7H,3-6H2,1-2H3. The van der Waals surface area contributed by atoms with Gasteiger partial charge in [-0.25, -0.2) is 0 Å². The quantitative estimate of drug-likeness (QED) is 0.745. The van der Waals surface area contributed by atoms with Crippen LogP contribution in [0.15, 0.2) is 10.6 Å². The van der Waals surface area contributed by atoms with Gasteiger partial charge in [-0.15, -0.1) is 0 Å². The molecule has 6 heteroatoms. The Hall–Kier alpha value is -0.880. The summed E-state index contributed by atoms with van der Waals surface area (Å²) in [6.45, 7) is 3.44. The Bertz CT molecular complexity index is 341. The van der Waals surface area contributed by atoms with E-state index in [0.717, 1.165) is 5.33 Å². The largest absolute Gasteiger partial charge is 0.383 e. The van der Waals surface area contributed by atoms with Crippen molar-refractivity contribution in [1.29, 1.82) is 0 Å². The number of halogens is 1. The molecule has 0 aliphatic rings. The Morgan fingerprint density at radius 1 is 1.62 bits per heavy atom. The second-order valence-electron chi connectivity index (χ2n) is 3.31. The lowest BCUT2D eigenvalue weighted by atomic mass is 10.3. The van der Waals surface area contributed by atoms with Gasteiger partial charge in [-0.2, -0.15) is 0 Å². The van der Waals surface area contributed by atoms with Crippen molar-refractivity contribution in [3.05, 3.63) is 17.5 Å². The minimum atomic E-state index is -0.155. The van der Waals surface area contributed by atoms with E-state index in [0.29, 0.717) is 25.4 Å². The third-order valence-electron chi connectivity index (χ3n) is 2.05. The molecule has 5 nitrogen and oxygen atoms in total. The average molecular weight is 291 g/mol. The molecule has 0 saturated carbocycles. The third-order valence-corrected chi connectivity index (χ3v) is 2.40. The van der Waals surface area contributed by atoms with Crippen molar-refractivity contribution in [2.45, 2.75) is 6.92 Å². The molecule has 1 aromatic rings. The van der Waals surface area contributed by atoms with Gasteiger partial charge < -0.3 is 14.2 Å². The Kier molecular flexibility index (Phi) is 5.48. The van der Waals surface area contributed by atoms with Gasteiger partial charge in [0.2, 0.25) is 5.76 Å². The molecule has 1 amide bonds. The van der Waals surface area contributed by atoms with Crippen molar-refractivity contribution in [3.63, 3.8) is 0 Å². The molecule has 1 heterocycles. The number of alkyl halides is 1. The SMILES string of the molecule is COCCN(CCBr)C(=O)c1cc(C)no1. The van der Waals surface area contributed by atoms with Crippen LogP contribution in [-0.2, 0) is 4.74 Å². The molecule has 0 aliphatic carbocycles. The number of aryl methyl sites for hydroxylation is 1. The lowest BCUT2D eigenvalue weighted by Crippen LogP contribution is -2.35. The zero-order valence-electron chi connectivity index (χ0n) is 9.40. The molecular weight excluding hydrogens is 276 g/mol. The highest BCUT2D eigenvalue weighted by molar-refractivity contribution is 9.09. The topological polar surface area (TPSA) is 55.6 Å². The van der Waals surface area contributed by atoms with Crippen LogP contribution in [0, 0.1) is 6.92 Å². The molecule has 0 unspecified atom stereocenters. The van der Waals surface area contributed by atoms with Gasteiger partial charge in [0.05, 0.1) is 12.3 Å². The van der Waals surface area contributed by atoms with Gasteiger partial charge >= 0.3 is 0 Å². The van der Waals surface area contributed by atoms with E-state index in [1.165, 1.54) is 0 Å². The zero-order chi connectivity index (χ0) is 12.0. The molecule has 0 spiro atoms. The number of hydrogen-bond acceptors (Lipinski definition) is 4. The van der Waals surface area contributed by atoms with Crippen LogP contribution in [0.3, 0.4) is 0 Å². The minimum Gasteiger partial charge on any atom is -0.383 e. The Morgan fingerprint density at radius 2 is 2.38 bits per heavy atom. The zero-order valence-corrected chi connectivity index (χ0v) is 11.0. The van der Waals surface area contributed by atoms with E-state index in [2.05, 4.69) is 21.1 Å². The number of ether oxygens (including phenoxy) is 1. The number of amides is 1. The van der Waals surface area contributed by atoms with Crippen LogP contribution in [0.1, 0.15) is 16.2 Å². The summed E-state index contributed by atoms with van der Waals surface area (Å²) in [5.41, 5.74) is 0.703. The van der Waals surface area contributed by atoms with Crippen LogP contribution in [0.4, 0.5) is 0 Å². The summed E-state index contributed by atoms with van der Waals surface area (Å²) in [4.78, 5) is 13.6. The van der Waals surface area contributed by atoms with Gasteiger partial charge in [0, 0.05) is 31.6 Å². The summed E-state index contributed by atoms with van der Waals surface area (Å²) in [7, 11) is 1.61. The number of methoxy groups -OCH3 is 1. The van der Waals surface area contributed by atoms with Crippen LogP contribution in [-0.4, -0.2) is 48.1 Å². The lowest BCUT2D eigenvalue weighted by molar-refractivity contribution is 0.0668. The molecular formula is C10H15BrN2O3. The molecule has 0 aromatic carbocycles. The first-order valence-electron chi connectivity index (χ1n) is 4.96. The smallest absolute Gasteiger partial charge is 0.292 e. The summed E-state index contributed by atoms with van der Waals surface area (Å²) in [6, 6.07) is 1.64. The van der Waals surface area contributed by atoms with Crippen molar-refractivity contribution in [2.24, 2.45) is 0 Å². The first-order valence-corrected chi connectivity index (χ1v) is 6.08. The summed E-state index contributed by atoms with van der Waals surface area (Å²) in [6.07, 6.45) is 0. The summed E-state index contributed by atoms with van der Waals surface area (Å²) < 4.78 is 9.89. The molecule has 0 radical (unpaired) electrons. The summed E-state index contributed by atoms with van der Waals surface area (Å²) in [5, 5.41) is 4.41. The van der Waals surface area contributed by atoms with Gasteiger partial charge in [0.15, 0.2) is 0 Å². The summed E-state index contributed by atoms with van der Waals surface area (Å²) >= 11 is 3.31. The molecule has 1 aromatic heterocycles. The summed E-state index contributed by atoms with van der Waals surface area (Å²) in [5.74, 6) is 0.117. The maximum Gasteiger partial charge on any atom is 0.292 e. The molecule has 0 aliphatic heterocycles. The molecule has 0 fully saturated rings. The van der Waals surface area contributed by atoms with E-state index < -0.39 is 0 Å². The lowest BCUT2D eigenvalue weighted by Gasteiger charge is -2.19. The first kappa shape index (κ1) is 13.2. The number of aromatic nitrogens is 1. The third kappa shape index (κ3) is 3.61. The van der Waals surface area contributed by atoms with Gasteiger partial charge in [-0.05, 0) is 6.92 Å². The van der Waals surface area contributed by atoms with E-state index >= 15 is 0 Å². The van der Waals surface area contributed by atoms with Gasteiger partial charge in [-0.3, -0.25) is 4.79 Å². The Labute approximate surface area is 103 Å². The normalized spacial score (nSPS) is 10.4. The van der Waals surface area contributed by atoms with Crippen molar-refractivity contribution < 1.29 is 14.1 Å². The van der Waals surface area contributed by atoms with Crippen LogP contribution in [0.2, 0.25) is 0 Å². The maximum absolute atomic E-state index is 12.0. The van der Waals surface area contributed by atoms with Crippen molar-refractivity contribution in [2.75, 3.05) is 32.1 Å². The monoisotopic (exact) mass is 290 g/mol. The van der Waals surface area contributed by atoms with Crippen LogP contribution >= 0.6 is 15.9 Å². The molecule has 90 valence electrons. The second-order valence-corrected chi connectivity index (χ2v) is 4.10. The minimum absolute atomic E-state index is 0.155. The van der Waals surface area contributed by atoms with E-state index in [1.807, 2.05) is 0 Å². The van der Waals surface area contributed by atoms with E-state index in [-0.39, 0.29) is 11.7 Å². The van der Waals surface area contributed by atoms with E-state index in [1.54, 1.807) is 25.0 Å². The number of nitrogens with zero attached hydrogens (tertiary/aromatic N) is 2. The molecule has 16 heavy (non-hydrogen) atoms. The number of carbonyl (C=O) groups is 1. The highest BCUT2D eigenvalue weighted by atomic mass is 79.9. The molecule has 0 N–H and O–H groups in total. The van der Waals surface area contributed by atoms with Crippen molar-refractivity contribution >= 4 is 21.8 Å². The second kappa shape index (κ2) is 6.65. The maximum atomic E-state index is 12.0. The number of hydrogen-bond donors (Lipinski definition) is 0. The Balaban J connectivity index is 2.66. The van der Waals surface area contributed by atoms with Crippen LogP contribution in [0.5, 0.6) is 0 Å². The molecule has 0 bridgehead atoms. The highest BCUT2D eigenvalue weighted by Gasteiger charge is 2.18.